The molecule has 74 valence electrons. The first-order valence-electron chi connectivity index (χ1n) is 5.31. The molecule has 1 unspecified atom stereocenters. The third-order valence-electron chi connectivity index (χ3n) is 3.07. The van der Waals surface area contributed by atoms with Crippen molar-refractivity contribution in [3.05, 3.63) is 35.4 Å². The predicted octanol–water partition coefficient (Wildman–Crippen LogP) is 3.26. The Balaban J connectivity index is 2.17. The van der Waals surface area contributed by atoms with Crippen molar-refractivity contribution >= 4 is 5.78 Å². The molecule has 14 heavy (non-hydrogen) atoms. The molecule has 1 atom stereocenters. The van der Waals surface area contributed by atoms with E-state index in [0.717, 1.165) is 12.8 Å². The fourth-order valence-electron chi connectivity index (χ4n) is 1.87. The lowest BCUT2D eigenvalue weighted by Gasteiger charge is -2.24. The van der Waals surface area contributed by atoms with Gasteiger partial charge in [0.05, 0.1) is 0 Å². The normalized spacial score (nSPS) is 21.1. The second-order valence-corrected chi connectivity index (χ2v) is 4.38. The molecule has 0 amide bonds. The lowest BCUT2D eigenvalue weighted by atomic mass is 9.78. The molecule has 0 radical (unpaired) electrons. The van der Waals surface area contributed by atoms with Gasteiger partial charge in [-0.1, -0.05) is 38.1 Å². The second kappa shape index (κ2) is 3.56. The first kappa shape index (κ1) is 9.45. The Labute approximate surface area is 85.1 Å². The van der Waals surface area contributed by atoms with Crippen molar-refractivity contribution < 1.29 is 4.79 Å². The molecule has 2 rings (SSSR count). The van der Waals surface area contributed by atoms with E-state index in [2.05, 4.69) is 38.1 Å². The zero-order chi connectivity index (χ0) is 10.1. The van der Waals surface area contributed by atoms with Gasteiger partial charge in [0.1, 0.15) is 5.78 Å². The molecule has 1 aromatic carbocycles. The molecule has 1 nitrogen and oxygen atoms in total. The fourth-order valence-corrected chi connectivity index (χ4v) is 1.87. The summed E-state index contributed by atoms with van der Waals surface area (Å²) < 4.78 is 0. The van der Waals surface area contributed by atoms with Crippen LogP contribution in [0.1, 0.15) is 49.7 Å². The topological polar surface area (TPSA) is 17.1 Å². The largest absolute Gasteiger partial charge is 0.299 e. The molecule has 0 bridgehead atoms. The lowest BCUT2D eigenvalue weighted by Crippen LogP contribution is -2.23. The van der Waals surface area contributed by atoms with Crippen LogP contribution >= 0.6 is 0 Å². The Morgan fingerprint density at radius 1 is 1.21 bits per heavy atom. The van der Waals surface area contributed by atoms with Crippen LogP contribution in [-0.4, -0.2) is 5.78 Å². The highest BCUT2D eigenvalue weighted by Gasteiger charge is 2.29. The van der Waals surface area contributed by atoms with E-state index in [1.165, 1.54) is 11.1 Å². The number of benzene rings is 1. The molecule has 0 aromatic heterocycles. The number of Topliss-reactive ketones (excluding diaryl/α,β-unsaturated/α-hetero) is 1. The van der Waals surface area contributed by atoms with Crippen LogP contribution in [0.3, 0.4) is 0 Å². The van der Waals surface area contributed by atoms with Gasteiger partial charge in [0.25, 0.3) is 0 Å². The van der Waals surface area contributed by atoms with E-state index in [4.69, 9.17) is 0 Å². The Hall–Kier alpha value is -1.11. The van der Waals surface area contributed by atoms with E-state index in [-0.39, 0.29) is 5.92 Å². The van der Waals surface area contributed by atoms with E-state index < -0.39 is 0 Å². The molecule has 1 fully saturated rings. The zero-order valence-corrected chi connectivity index (χ0v) is 8.79. The summed E-state index contributed by atoms with van der Waals surface area (Å²) in [5, 5.41) is 0. The van der Waals surface area contributed by atoms with Crippen LogP contribution in [0.2, 0.25) is 0 Å². The Kier molecular flexibility index (Phi) is 2.40. The minimum atomic E-state index is 0.205. The summed E-state index contributed by atoms with van der Waals surface area (Å²) in [6, 6.07) is 8.51. The van der Waals surface area contributed by atoms with Crippen LogP contribution in [0.25, 0.3) is 0 Å². The predicted molar refractivity (Wildman–Crippen MR) is 57.5 cm³/mol. The molecule has 0 saturated heterocycles. The van der Waals surface area contributed by atoms with Crippen LogP contribution in [-0.2, 0) is 4.79 Å². The van der Waals surface area contributed by atoms with Crippen molar-refractivity contribution in [1.29, 1.82) is 0 Å². The highest BCUT2D eigenvalue weighted by atomic mass is 16.1. The molecule has 1 aliphatic rings. The van der Waals surface area contributed by atoms with Gasteiger partial charge in [-0.05, 0) is 23.5 Å². The van der Waals surface area contributed by atoms with Crippen LogP contribution in [0.15, 0.2) is 24.3 Å². The van der Waals surface area contributed by atoms with E-state index >= 15 is 0 Å². The SMILES string of the molecule is CC(C)c1ccc(C2CCC2=O)cc1. The van der Waals surface area contributed by atoms with Crippen LogP contribution in [0.5, 0.6) is 0 Å². The summed E-state index contributed by atoms with van der Waals surface area (Å²) in [6.45, 7) is 4.37. The number of hydrogen-bond donors (Lipinski definition) is 0. The second-order valence-electron chi connectivity index (χ2n) is 4.38. The maximum Gasteiger partial charge on any atom is 0.140 e. The smallest absolute Gasteiger partial charge is 0.140 e. The first-order chi connectivity index (χ1) is 6.68. The zero-order valence-electron chi connectivity index (χ0n) is 8.79. The number of rotatable bonds is 2. The molecule has 0 spiro atoms. The summed E-state index contributed by atoms with van der Waals surface area (Å²) in [5.41, 5.74) is 2.55. The van der Waals surface area contributed by atoms with Crippen LogP contribution < -0.4 is 0 Å². The Bertz CT molecular complexity index is 335. The van der Waals surface area contributed by atoms with E-state index in [1.54, 1.807) is 0 Å². The van der Waals surface area contributed by atoms with E-state index in [0.29, 0.717) is 11.7 Å². The van der Waals surface area contributed by atoms with E-state index in [9.17, 15) is 4.79 Å². The third kappa shape index (κ3) is 1.59. The highest BCUT2D eigenvalue weighted by Crippen LogP contribution is 2.33. The van der Waals surface area contributed by atoms with Gasteiger partial charge < -0.3 is 0 Å². The van der Waals surface area contributed by atoms with Crippen LogP contribution in [0.4, 0.5) is 0 Å². The highest BCUT2D eigenvalue weighted by molar-refractivity contribution is 5.91. The number of carbonyl (C=O) groups is 1. The summed E-state index contributed by atoms with van der Waals surface area (Å²) >= 11 is 0. The molecule has 0 aliphatic heterocycles. The van der Waals surface area contributed by atoms with Gasteiger partial charge in [-0.3, -0.25) is 4.79 Å². The average Bonchev–Trinajstić information content (AvgIpc) is 2.16. The molecular weight excluding hydrogens is 172 g/mol. The van der Waals surface area contributed by atoms with E-state index in [1.807, 2.05) is 0 Å². The molecule has 1 heteroatoms. The summed E-state index contributed by atoms with van der Waals surface area (Å²) in [5.74, 6) is 1.18. The maximum atomic E-state index is 11.2. The molecule has 1 saturated carbocycles. The van der Waals surface area contributed by atoms with Crippen molar-refractivity contribution in [3.8, 4) is 0 Å². The van der Waals surface area contributed by atoms with Gasteiger partial charge in [-0.2, -0.15) is 0 Å². The number of ketones is 1. The molecule has 0 heterocycles. The molecule has 1 aliphatic carbocycles. The third-order valence-corrected chi connectivity index (χ3v) is 3.07. The minimum absolute atomic E-state index is 0.205. The van der Waals surface area contributed by atoms with Crippen molar-refractivity contribution in [1.82, 2.24) is 0 Å². The Morgan fingerprint density at radius 3 is 2.21 bits per heavy atom. The quantitative estimate of drug-likeness (QED) is 0.696. The van der Waals surface area contributed by atoms with Gasteiger partial charge in [-0.15, -0.1) is 0 Å². The Morgan fingerprint density at radius 2 is 1.86 bits per heavy atom. The van der Waals surface area contributed by atoms with Gasteiger partial charge in [0.2, 0.25) is 0 Å². The van der Waals surface area contributed by atoms with Crippen molar-refractivity contribution in [2.45, 2.75) is 38.5 Å². The minimum Gasteiger partial charge on any atom is -0.299 e. The molecular formula is C13H16O. The first-order valence-corrected chi connectivity index (χ1v) is 5.31. The number of hydrogen-bond acceptors (Lipinski definition) is 1. The standard InChI is InChI=1S/C13H16O/c1-9(2)10-3-5-11(6-4-10)12-7-8-13(12)14/h3-6,9,12H,7-8H2,1-2H3. The molecule has 1 aromatic rings. The van der Waals surface area contributed by atoms with Gasteiger partial charge in [0.15, 0.2) is 0 Å². The lowest BCUT2D eigenvalue weighted by molar-refractivity contribution is -0.125. The average molecular weight is 188 g/mol. The summed E-state index contributed by atoms with van der Waals surface area (Å²) in [4.78, 5) is 11.2. The van der Waals surface area contributed by atoms with Crippen molar-refractivity contribution in [2.75, 3.05) is 0 Å². The summed E-state index contributed by atoms with van der Waals surface area (Å²) in [7, 11) is 0. The molecule has 0 N–H and O–H groups in total. The number of carbonyl (C=O) groups excluding carboxylic acids is 1. The van der Waals surface area contributed by atoms with Gasteiger partial charge in [-0.25, -0.2) is 0 Å². The summed E-state index contributed by atoms with van der Waals surface area (Å²) in [6.07, 6.45) is 1.82. The van der Waals surface area contributed by atoms with Crippen molar-refractivity contribution in [3.63, 3.8) is 0 Å². The van der Waals surface area contributed by atoms with Crippen molar-refractivity contribution in [2.24, 2.45) is 0 Å². The monoisotopic (exact) mass is 188 g/mol. The van der Waals surface area contributed by atoms with Gasteiger partial charge >= 0.3 is 0 Å². The fraction of sp³-hybridized carbons (Fsp3) is 0.462. The van der Waals surface area contributed by atoms with Gasteiger partial charge in [0, 0.05) is 12.3 Å². The van der Waals surface area contributed by atoms with Crippen LogP contribution in [0, 0.1) is 0 Å². The maximum absolute atomic E-state index is 11.2.